The first kappa shape index (κ1) is 12.4. The van der Waals surface area contributed by atoms with Crippen LogP contribution in [0.15, 0.2) is 11.0 Å². The number of hydrogen-bond donors (Lipinski definition) is 2. The standard InChI is InChI=1S/C12H18ClN3O/c1-7-3-8(2)5-9(4-7)15-10-6-14-16-12(17)11(10)13/h6-9H,3-5H2,1-2H3,(H2,15,16,17). The van der Waals surface area contributed by atoms with Crippen molar-refractivity contribution in [3.8, 4) is 0 Å². The van der Waals surface area contributed by atoms with Gasteiger partial charge in [0.1, 0.15) is 5.02 Å². The number of aromatic amines is 1. The highest BCUT2D eigenvalue weighted by molar-refractivity contribution is 6.32. The minimum Gasteiger partial charge on any atom is -0.380 e. The normalized spacial score (nSPS) is 29.0. The maximum absolute atomic E-state index is 11.3. The van der Waals surface area contributed by atoms with Gasteiger partial charge in [-0.15, -0.1) is 0 Å². The first-order valence-electron chi connectivity index (χ1n) is 6.06. The van der Waals surface area contributed by atoms with Gasteiger partial charge in [0.05, 0.1) is 11.9 Å². The van der Waals surface area contributed by atoms with Crippen LogP contribution in [0.4, 0.5) is 5.69 Å². The van der Waals surface area contributed by atoms with Crippen LogP contribution in [0.1, 0.15) is 33.1 Å². The number of hydrogen-bond acceptors (Lipinski definition) is 3. The van der Waals surface area contributed by atoms with Crippen molar-refractivity contribution in [1.82, 2.24) is 10.2 Å². The summed E-state index contributed by atoms with van der Waals surface area (Å²) in [6.07, 6.45) is 5.09. The predicted octanol–water partition coefficient (Wildman–Crippen LogP) is 2.66. The van der Waals surface area contributed by atoms with Crippen LogP contribution < -0.4 is 10.9 Å². The largest absolute Gasteiger partial charge is 0.380 e. The van der Waals surface area contributed by atoms with Crippen molar-refractivity contribution in [1.29, 1.82) is 0 Å². The van der Waals surface area contributed by atoms with Gasteiger partial charge in [0, 0.05) is 6.04 Å². The van der Waals surface area contributed by atoms with Gasteiger partial charge < -0.3 is 5.32 Å². The molecule has 17 heavy (non-hydrogen) atoms. The first-order chi connectivity index (χ1) is 8.06. The second kappa shape index (κ2) is 5.08. The van der Waals surface area contributed by atoms with E-state index >= 15 is 0 Å². The van der Waals surface area contributed by atoms with E-state index in [-0.39, 0.29) is 10.6 Å². The lowest BCUT2D eigenvalue weighted by atomic mass is 9.80. The fourth-order valence-corrected chi connectivity index (χ4v) is 2.91. The SMILES string of the molecule is CC1CC(C)CC(Nc2cn[nH]c(=O)c2Cl)C1. The molecule has 94 valence electrons. The molecule has 0 saturated heterocycles. The van der Waals surface area contributed by atoms with Gasteiger partial charge in [0.2, 0.25) is 0 Å². The molecule has 2 rings (SSSR count). The summed E-state index contributed by atoms with van der Waals surface area (Å²) in [7, 11) is 0. The summed E-state index contributed by atoms with van der Waals surface area (Å²) < 4.78 is 0. The molecular formula is C12H18ClN3O. The van der Waals surface area contributed by atoms with Crippen LogP contribution in [-0.2, 0) is 0 Å². The third-order valence-corrected chi connectivity index (χ3v) is 3.71. The third kappa shape index (κ3) is 3.00. The van der Waals surface area contributed by atoms with Crippen LogP contribution in [0.2, 0.25) is 5.02 Å². The molecule has 0 radical (unpaired) electrons. The molecule has 0 aliphatic heterocycles. The van der Waals surface area contributed by atoms with E-state index in [1.54, 1.807) is 6.20 Å². The number of halogens is 1. The highest BCUT2D eigenvalue weighted by Gasteiger charge is 2.24. The summed E-state index contributed by atoms with van der Waals surface area (Å²) in [5.41, 5.74) is 0.301. The average molecular weight is 256 g/mol. The molecule has 1 aromatic heterocycles. The Morgan fingerprint density at radius 3 is 2.65 bits per heavy atom. The molecule has 1 fully saturated rings. The fourth-order valence-electron chi connectivity index (χ4n) is 2.77. The predicted molar refractivity (Wildman–Crippen MR) is 69.5 cm³/mol. The van der Waals surface area contributed by atoms with Crippen molar-refractivity contribution in [2.75, 3.05) is 5.32 Å². The quantitative estimate of drug-likeness (QED) is 0.854. The zero-order valence-electron chi connectivity index (χ0n) is 10.2. The zero-order valence-corrected chi connectivity index (χ0v) is 10.9. The van der Waals surface area contributed by atoms with Gasteiger partial charge in [0.15, 0.2) is 0 Å². The number of H-pyrrole nitrogens is 1. The van der Waals surface area contributed by atoms with Crippen molar-refractivity contribution in [3.63, 3.8) is 0 Å². The minimum atomic E-state index is -0.339. The number of anilines is 1. The Kier molecular flexibility index (Phi) is 3.72. The van der Waals surface area contributed by atoms with E-state index in [0.29, 0.717) is 23.6 Å². The summed E-state index contributed by atoms with van der Waals surface area (Å²) in [5, 5.41) is 9.62. The van der Waals surface area contributed by atoms with E-state index in [1.807, 2.05) is 0 Å². The lowest BCUT2D eigenvalue weighted by molar-refractivity contribution is 0.281. The minimum absolute atomic E-state index is 0.200. The van der Waals surface area contributed by atoms with E-state index in [1.165, 1.54) is 6.42 Å². The fraction of sp³-hybridized carbons (Fsp3) is 0.667. The maximum atomic E-state index is 11.3. The van der Waals surface area contributed by atoms with Gasteiger partial charge in [-0.25, -0.2) is 5.10 Å². The Labute approximate surface area is 106 Å². The van der Waals surface area contributed by atoms with Crippen LogP contribution in [0.25, 0.3) is 0 Å². The van der Waals surface area contributed by atoms with Gasteiger partial charge >= 0.3 is 0 Å². The second-order valence-corrected chi connectivity index (χ2v) is 5.56. The van der Waals surface area contributed by atoms with E-state index < -0.39 is 0 Å². The molecule has 0 aromatic carbocycles. The lowest BCUT2D eigenvalue weighted by Crippen LogP contribution is -2.31. The van der Waals surface area contributed by atoms with Crippen LogP contribution in [-0.4, -0.2) is 16.2 Å². The molecule has 0 bridgehead atoms. The number of rotatable bonds is 2. The Hall–Kier alpha value is -1.03. The molecule has 4 nitrogen and oxygen atoms in total. The Morgan fingerprint density at radius 2 is 2.00 bits per heavy atom. The smallest absolute Gasteiger partial charge is 0.285 e. The summed E-state index contributed by atoms with van der Waals surface area (Å²) in [6.45, 7) is 4.53. The van der Waals surface area contributed by atoms with Crippen LogP contribution in [0, 0.1) is 11.8 Å². The van der Waals surface area contributed by atoms with Gasteiger partial charge in [0.25, 0.3) is 5.56 Å². The maximum Gasteiger partial charge on any atom is 0.285 e. The van der Waals surface area contributed by atoms with Gasteiger partial charge in [-0.1, -0.05) is 25.4 Å². The molecule has 2 unspecified atom stereocenters. The van der Waals surface area contributed by atoms with E-state index in [0.717, 1.165) is 12.8 Å². The zero-order chi connectivity index (χ0) is 12.4. The molecule has 1 saturated carbocycles. The monoisotopic (exact) mass is 255 g/mol. The Morgan fingerprint density at radius 1 is 1.35 bits per heavy atom. The van der Waals surface area contributed by atoms with Crippen LogP contribution in [0.5, 0.6) is 0 Å². The molecule has 1 aliphatic carbocycles. The van der Waals surface area contributed by atoms with E-state index in [2.05, 4.69) is 29.4 Å². The molecule has 0 spiro atoms. The topological polar surface area (TPSA) is 57.8 Å². The summed E-state index contributed by atoms with van der Waals surface area (Å²) >= 11 is 5.94. The molecule has 1 aromatic rings. The number of nitrogens with one attached hydrogen (secondary N) is 2. The molecular weight excluding hydrogens is 238 g/mol. The van der Waals surface area contributed by atoms with Crippen molar-refractivity contribution >= 4 is 17.3 Å². The van der Waals surface area contributed by atoms with Gasteiger partial charge in [-0.2, -0.15) is 5.10 Å². The van der Waals surface area contributed by atoms with Crippen molar-refractivity contribution in [2.45, 2.75) is 39.2 Å². The summed E-state index contributed by atoms with van der Waals surface area (Å²) in [6, 6.07) is 0.384. The van der Waals surface area contributed by atoms with Crippen LogP contribution >= 0.6 is 11.6 Å². The van der Waals surface area contributed by atoms with Crippen LogP contribution in [0.3, 0.4) is 0 Å². The highest BCUT2D eigenvalue weighted by atomic mass is 35.5. The van der Waals surface area contributed by atoms with Crippen molar-refractivity contribution < 1.29 is 0 Å². The first-order valence-corrected chi connectivity index (χ1v) is 6.43. The summed E-state index contributed by atoms with van der Waals surface area (Å²) in [5.74, 6) is 1.43. The third-order valence-electron chi connectivity index (χ3n) is 3.33. The molecule has 1 aliphatic rings. The Balaban J connectivity index is 2.10. The molecule has 5 heteroatoms. The molecule has 2 atom stereocenters. The van der Waals surface area contributed by atoms with Gasteiger partial charge in [-0.3, -0.25) is 4.79 Å². The average Bonchev–Trinajstić information content (AvgIpc) is 2.23. The van der Waals surface area contributed by atoms with E-state index in [4.69, 9.17) is 11.6 Å². The molecule has 1 heterocycles. The molecule has 0 amide bonds. The lowest BCUT2D eigenvalue weighted by Gasteiger charge is -2.32. The summed E-state index contributed by atoms with van der Waals surface area (Å²) in [4.78, 5) is 11.3. The number of nitrogens with zero attached hydrogens (tertiary/aromatic N) is 1. The second-order valence-electron chi connectivity index (χ2n) is 5.19. The molecule has 2 N–H and O–H groups in total. The van der Waals surface area contributed by atoms with Gasteiger partial charge in [-0.05, 0) is 31.1 Å². The van der Waals surface area contributed by atoms with Crippen molar-refractivity contribution in [2.24, 2.45) is 11.8 Å². The Bertz CT molecular complexity index is 436. The highest BCUT2D eigenvalue weighted by Crippen LogP contribution is 2.31. The van der Waals surface area contributed by atoms with E-state index in [9.17, 15) is 4.79 Å². The van der Waals surface area contributed by atoms with Crippen molar-refractivity contribution in [3.05, 3.63) is 21.6 Å². The number of aromatic nitrogens is 2.